The number of rotatable bonds is 5. The number of allylic oxidation sites excluding steroid dienone is 2. The number of unbranched alkanes of at least 4 members (excludes halogenated alkanes) is 1. The van der Waals surface area contributed by atoms with Crippen molar-refractivity contribution in [3.05, 3.63) is 69.7 Å². The molecule has 2 aromatic carbocycles. The number of anilines is 1. The van der Waals surface area contributed by atoms with E-state index in [4.69, 9.17) is 27.9 Å². The first-order valence-corrected chi connectivity index (χ1v) is 10.1. The number of hydrogen-bond donors (Lipinski definition) is 1. The molecule has 0 saturated carbocycles. The number of halogens is 2. The summed E-state index contributed by atoms with van der Waals surface area (Å²) >= 11 is 13.1. The maximum Gasteiger partial charge on any atom is 0.142 e. The Bertz CT molecular complexity index is 813. The maximum absolute atomic E-state index is 6.55. The number of benzene rings is 2. The van der Waals surface area contributed by atoms with Crippen molar-refractivity contribution >= 4 is 28.9 Å². The van der Waals surface area contributed by atoms with Gasteiger partial charge in [0.15, 0.2) is 0 Å². The van der Waals surface area contributed by atoms with E-state index in [0.29, 0.717) is 21.9 Å². The molecule has 2 aromatic rings. The first-order chi connectivity index (χ1) is 12.7. The van der Waals surface area contributed by atoms with Crippen LogP contribution in [0.4, 0.5) is 5.69 Å². The first-order valence-electron chi connectivity index (χ1n) is 9.33. The molecule has 0 fully saturated rings. The third-order valence-electron chi connectivity index (χ3n) is 5.42. The third kappa shape index (κ3) is 3.10. The molecule has 3 unspecified atom stereocenters. The predicted octanol–water partition coefficient (Wildman–Crippen LogP) is 7.00. The topological polar surface area (TPSA) is 21.3 Å². The van der Waals surface area contributed by atoms with E-state index in [9.17, 15) is 0 Å². The van der Waals surface area contributed by atoms with Crippen molar-refractivity contribution in [3.63, 3.8) is 0 Å². The number of hydrogen-bond acceptors (Lipinski definition) is 2. The quantitative estimate of drug-likeness (QED) is 0.440. The van der Waals surface area contributed by atoms with E-state index in [2.05, 4.69) is 36.5 Å². The molecule has 26 heavy (non-hydrogen) atoms. The lowest BCUT2D eigenvalue weighted by atomic mass is 9.77. The van der Waals surface area contributed by atoms with Crippen molar-refractivity contribution in [2.75, 3.05) is 11.9 Å². The van der Waals surface area contributed by atoms with Crippen molar-refractivity contribution in [1.82, 2.24) is 0 Å². The highest BCUT2D eigenvalue weighted by atomic mass is 35.5. The molecule has 0 amide bonds. The van der Waals surface area contributed by atoms with Gasteiger partial charge in [-0.3, -0.25) is 0 Å². The Kier molecular flexibility index (Phi) is 5.15. The Morgan fingerprint density at radius 2 is 1.88 bits per heavy atom. The predicted molar refractivity (Wildman–Crippen MR) is 110 cm³/mol. The van der Waals surface area contributed by atoms with Gasteiger partial charge in [0.1, 0.15) is 5.75 Å². The highest BCUT2D eigenvalue weighted by molar-refractivity contribution is 6.36. The number of para-hydroxylation sites is 1. The van der Waals surface area contributed by atoms with Crippen LogP contribution < -0.4 is 10.1 Å². The molecule has 0 aromatic heterocycles. The van der Waals surface area contributed by atoms with Gasteiger partial charge in [0.25, 0.3) is 0 Å². The fraction of sp³-hybridized carbons (Fsp3) is 0.364. The van der Waals surface area contributed by atoms with Crippen LogP contribution in [0, 0.1) is 5.92 Å². The van der Waals surface area contributed by atoms with E-state index < -0.39 is 0 Å². The normalized spacial score (nSPS) is 23.3. The van der Waals surface area contributed by atoms with Gasteiger partial charge in [0.05, 0.1) is 18.3 Å². The minimum Gasteiger partial charge on any atom is -0.491 e. The molecule has 0 radical (unpaired) electrons. The minimum absolute atomic E-state index is 0.0691. The van der Waals surface area contributed by atoms with Gasteiger partial charge in [0, 0.05) is 21.5 Å². The molecule has 0 saturated heterocycles. The molecule has 4 heteroatoms. The fourth-order valence-electron chi connectivity index (χ4n) is 4.13. The smallest absolute Gasteiger partial charge is 0.142 e. The van der Waals surface area contributed by atoms with Gasteiger partial charge in [-0.05, 0) is 42.5 Å². The SMILES string of the molecule is CCCCOc1cccc2c1NC(c1c(Cl)cccc1Cl)C1CC=CC21. The van der Waals surface area contributed by atoms with Gasteiger partial charge in [0.2, 0.25) is 0 Å². The van der Waals surface area contributed by atoms with E-state index in [1.807, 2.05) is 24.3 Å². The summed E-state index contributed by atoms with van der Waals surface area (Å²) in [6.45, 7) is 2.90. The lowest BCUT2D eigenvalue weighted by Gasteiger charge is -2.38. The van der Waals surface area contributed by atoms with E-state index in [1.165, 1.54) is 5.56 Å². The maximum atomic E-state index is 6.55. The molecule has 4 rings (SSSR count). The molecule has 1 N–H and O–H groups in total. The molecule has 136 valence electrons. The van der Waals surface area contributed by atoms with Crippen LogP contribution >= 0.6 is 23.2 Å². The van der Waals surface area contributed by atoms with Crippen LogP contribution in [0.15, 0.2) is 48.6 Å². The van der Waals surface area contributed by atoms with E-state index >= 15 is 0 Å². The third-order valence-corrected chi connectivity index (χ3v) is 6.08. The van der Waals surface area contributed by atoms with Crippen LogP contribution in [0.5, 0.6) is 5.75 Å². The Balaban J connectivity index is 1.76. The van der Waals surface area contributed by atoms with Crippen molar-refractivity contribution < 1.29 is 4.74 Å². The van der Waals surface area contributed by atoms with E-state index in [1.54, 1.807) is 0 Å². The second-order valence-corrected chi connectivity index (χ2v) is 7.85. The van der Waals surface area contributed by atoms with E-state index in [-0.39, 0.29) is 6.04 Å². The molecule has 1 heterocycles. The lowest BCUT2D eigenvalue weighted by molar-refractivity contribution is 0.308. The van der Waals surface area contributed by atoms with Gasteiger partial charge in [-0.15, -0.1) is 0 Å². The van der Waals surface area contributed by atoms with Gasteiger partial charge >= 0.3 is 0 Å². The van der Waals surface area contributed by atoms with Gasteiger partial charge in [-0.2, -0.15) is 0 Å². The highest BCUT2D eigenvalue weighted by Crippen LogP contribution is 2.53. The average molecular weight is 388 g/mol. The summed E-state index contributed by atoms with van der Waals surface area (Å²) in [5, 5.41) is 5.16. The Morgan fingerprint density at radius 3 is 2.65 bits per heavy atom. The molecule has 0 spiro atoms. The van der Waals surface area contributed by atoms with Crippen LogP contribution in [0.1, 0.15) is 49.3 Å². The molecule has 3 atom stereocenters. The number of ether oxygens (including phenoxy) is 1. The zero-order valence-electron chi connectivity index (χ0n) is 14.8. The van der Waals surface area contributed by atoms with Crippen LogP contribution in [-0.4, -0.2) is 6.61 Å². The fourth-order valence-corrected chi connectivity index (χ4v) is 4.77. The van der Waals surface area contributed by atoms with Gasteiger partial charge < -0.3 is 10.1 Å². The van der Waals surface area contributed by atoms with E-state index in [0.717, 1.165) is 42.9 Å². The Morgan fingerprint density at radius 1 is 1.12 bits per heavy atom. The van der Waals surface area contributed by atoms with Gasteiger partial charge in [-0.25, -0.2) is 0 Å². The van der Waals surface area contributed by atoms with Crippen molar-refractivity contribution in [2.45, 2.75) is 38.1 Å². The molecule has 2 aliphatic rings. The summed E-state index contributed by atoms with van der Waals surface area (Å²) in [6.07, 6.45) is 7.78. The van der Waals surface area contributed by atoms with Crippen molar-refractivity contribution in [2.24, 2.45) is 5.92 Å². The molecule has 2 nitrogen and oxygen atoms in total. The monoisotopic (exact) mass is 387 g/mol. The zero-order chi connectivity index (χ0) is 18.1. The summed E-state index contributed by atoms with van der Waals surface area (Å²) in [7, 11) is 0. The minimum atomic E-state index is 0.0691. The van der Waals surface area contributed by atoms with Crippen molar-refractivity contribution in [3.8, 4) is 5.75 Å². The van der Waals surface area contributed by atoms with Crippen LogP contribution in [-0.2, 0) is 0 Å². The van der Waals surface area contributed by atoms with Gasteiger partial charge in [-0.1, -0.05) is 66.9 Å². The summed E-state index contributed by atoms with van der Waals surface area (Å²) in [5.41, 5.74) is 3.37. The standard InChI is InChI=1S/C22H23Cl2NO/c1-2-3-13-26-19-12-5-9-15-14-7-4-8-16(14)22(25-21(15)19)20-17(23)10-6-11-18(20)24/h4-7,9-12,14,16,22,25H,2-3,8,13H2,1H3. The van der Waals surface area contributed by atoms with Crippen LogP contribution in [0.3, 0.4) is 0 Å². The Labute approximate surface area is 165 Å². The average Bonchev–Trinajstić information content (AvgIpc) is 3.12. The molecular formula is C22H23Cl2NO. The molecular weight excluding hydrogens is 365 g/mol. The number of nitrogens with one attached hydrogen (secondary N) is 1. The zero-order valence-corrected chi connectivity index (χ0v) is 16.4. The summed E-state index contributed by atoms with van der Waals surface area (Å²) in [4.78, 5) is 0. The van der Waals surface area contributed by atoms with Crippen LogP contribution in [0.25, 0.3) is 0 Å². The second kappa shape index (κ2) is 7.54. The summed E-state index contributed by atoms with van der Waals surface area (Å²) in [5.74, 6) is 1.69. The first kappa shape index (κ1) is 17.8. The highest BCUT2D eigenvalue weighted by Gasteiger charge is 2.40. The number of fused-ring (bicyclic) bond motifs is 3. The summed E-state index contributed by atoms with van der Waals surface area (Å²) in [6, 6.07) is 12.1. The molecule has 1 aliphatic carbocycles. The Hall–Kier alpha value is -1.64. The molecule has 1 aliphatic heterocycles. The van der Waals surface area contributed by atoms with Crippen molar-refractivity contribution in [1.29, 1.82) is 0 Å². The largest absolute Gasteiger partial charge is 0.491 e. The lowest BCUT2D eigenvalue weighted by Crippen LogP contribution is -2.30. The van der Waals surface area contributed by atoms with Crippen LogP contribution in [0.2, 0.25) is 10.0 Å². The second-order valence-electron chi connectivity index (χ2n) is 7.03. The molecule has 0 bridgehead atoms. The summed E-state index contributed by atoms with van der Waals surface area (Å²) < 4.78 is 6.09.